The Bertz CT molecular complexity index is 93.1. The van der Waals surface area contributed by atoms with Crippen molar-refractivity contribution in [2.75, 3.05) is 7.11 Å². The molecule has 0 rings (SSSR count). The molecule has 0 saturated heterocycles. The number of ether oxygens (including phenoxy) is 1. The minimum absolute atomic E-state index is 0.257. The smallest absolute Gasteiger partial charge is 0.340 e. The first-order chi connectivity index (χ1) is 4.22. The van der Waals surface area contributed by atoms with Gasteiger partial charge in [0.2, 0.25) is 0 Å². The minimum atomic E-state index is -1.43. The summed E-state index contributed by atoms with van der Waals surface area (Å²) >= 11 is 0. The topological polar surface area (TPSA) is 26.3 Å². The zero-order valence-corrected chi connectivity index (χ0v) is 5.69. The van der Waals surface area contributed by atoms with Gasteiger partial charge in [0.1, 0.15) is 0 Å². The van der Waals surface area contributed by atoms with E-state index in [4.69, 9.17) is 0 Å². The lowest BCUT2D eigenvalue weighted by atomic mass is 10.2. The standard InChI is InChI=1S/C6H11FO2/c1-3-4-5(7)6(8)9-2/h5H,3-4H2,1-2H3. The molecule has 1 unspecified atom stereocenters. The number of rotatable bonds is 3. The van der Waals surface area contributed by atoms with Crippen molar-refractivity contribution in [1.29, 1.82) is 0 Å². The molecule has 0 aliphatic rings. The van der Waals surface area contributed by atoms with Gasteiger partial charge in [0.15, 0.2) is 6.17 Å². The monoisotopic (exact) mass is 134 g/mol. The van der Waals surface area contributed by atoms with E-state index in [0.29, 0.717) is 6.42 Å². The normalized spacial score (nSPS) is 12.8. The summed E-state index contributed by atoms with van der Waals surface area (Å²) in [6.45, 7) is 1.82. The summed E-state index contributed by atoms with van der Waals surface area (Å²) in [5, 5.41) is 0. The number of hydrogen-bond acceptors (Lipinski definition) is 2. The Labute approximate surface area is 54.0 Å². The van der Waals surface area contributed by atoms with E-state index in [2.05, 4.69) is 4.74 Å². The van der Waals surface area contributed by atoms with Crippen LogP contribution in [-0.4, -0.2) is 19.3 Å². The van der Waals surface area contributed by atoms with Crippen molar-refractivity contribution in [1.82, 2.24) is 0 Å². The van der Waals surface area contributed by atoms with Crippen LogP contribution in [-0.2, 0) is 9.53 Å². The van der Waals surface area contributed by atoms with E-state index in [1.165, 1.54) is 7.11 Å². The van der Waals surface area contributed by atoms with Gasteiger partial charge in [-0.2, -0.15) is 0 Å². The zero-order valence-electron chi connectivity index (χ0n) is 5.69. The lowest BCUT2D eigenvalue weighted by Crippen LogP contribution is -2.16. The molecule has 0 amide bonds. The number of carbonyl (C=O) groups excluding carboxylic acids is 1. The maximum atomic E-state index is 12.3. The predicted octanol–water partition coefficient (Wildman–Crippen LogP) is 1.30. The average Bonchev–Trinajstić information content (AvgIpc) is 1.87. The van der Waals surface area contributed by atoms with E-state index in [-0.39, 0.29) is 6.42 Å². The summed E-state index contributed by atoms with van der Waals surface area (Å²) in [5.41, 5.74) is 0. The number of alkyl halides is 1. The molecule has 0 N–H and O–H groups in total. The third-order valence-electron chi connectivity index (χ3n) is 0.999. The van der Waals surface area contributed by atoms with Crippen LogP contribution in [0.2, 0.25) is 0 Å². The Kier molecular flexibility index (Phi) is 4.01. The van der Waals surface area contributed by atoms with Crippen molar-refractivity contribution < 1.29 is 13.9 Å². The first kappa shape index (κ1) is 8.40. The maximum absolute atomic E-state index is 12.3. The van der Waals surface area contributed by atoms with E-state index in [0.717, 1.165) is 0 Å². The second-order valence-electron chi connectivity index (χ2n) is 1.78. The van der Waals surface area contributed by atoms with Gasteiger partial charge in [0.25, 0.3) is 0 Å². The van der Waals surface area contributed by atoms with E-state index in [1.54, 1.807) is 0 Å². The predicted molar refractivity (Wildman–Crippen MR) is 31.8 cm³/mol. The quantitative estimate of drug-likeness (QED) is 0.544. The fourth-order valence-corrected chi connectivity index (χ4v) is 0.499. The van der Waals surface area contributed by atoms with Gasteiger partial charge in [0, 0.05) is 0 Å². The molecule has 1 atom stereocenters. The second-order valence-corrected chi connectivity index (χ2v) is 1.78. The maximum Gasteiger partial charge on any atom is 0.340 e. The average molecular weight is 134 g/mol. The summed E-state index contributed by atoms with van der Waals surface area (Å²) < 4.78 is 16.5. The van der Waals surface area contributed by atoms with E-state index in [9.17, 15) is 9.18 Å². The van der Waals surface area contributed by atoms with Gasteiger partial charge in [-0.15, -0.1) is 0 Å². The van der Waals surface area contributed by atoms with Crippen LogP contribution < -0.4 is 0 Å². The van der Waals surface area contributed by atoms with Crippen LogP contribution in [0.4, 0.5) is 4.39 Å². The molecule has 0 heterocycles. The number of esters is 1. The second kappa shape index (κ2) is 4.30. The minimum Gasteiger partial charge on any atom is -0.467 e. The number of hydrogen-bond donors (Lipinski definition) is 0. The lowest BCUT2D eigenvalue weighted by Gasteiger charge is -2.01. The van der Waals surface area contributed by atoms with E-state index >= 15 is 0 Å². The number of halogens is 1. The zero-order chi connectivity index (χ0) is 7.28. The molecule has 0 spiro atoms. The Morgan fingerprint density at radius 1 is 1.78 bits per heavy atom. The highest BCUT2D eigenvalue weighted by atomic mass is 19.1. The van der Waals surface area contributed by atoms with Crippen molar-refractivity contribution >= 4 is 5.97 Å². The molecule has 0 bridgehead atoms. The van der Waals surface area contributed by atoms with Crippen LogP contribution in [0.3, 0.4) is 0 Å². The Hall–Kier alpha value is -0.600. The molecule has 0 aromatic heterocycles. The highest BCUT2D eigenvalue weighted by molar-refractivity contribution is 5.74. The molecule has 3 heteroatoms. The number of carbonyl (C=O) groups is 1. The lowest BCUT2D eigenvalue weighted by molar-refractivity contribution is -0.146. The number of methoxy groups -OCH3 is 1. The fraction of sp³-hybridized carbons (Fsp3) is 0.833. The van der Waals surface area contributed by atoms with Gasteiger partial charge in [0.05, 0.1) is 7.11 Å². The molecule has 0 aliphatic carbocycles. The van der Waals surface area contributed by atoms with Crippen LogP contribution >= 0.6 is 0 Å². The fourth-order valence-electron chi connectivity index (χ4n) is 0.499. The molecule has 0 fully saturated rings. The van der Waals surface area contributed by atoms with Crippen molar-refractivity contribution in [3.05, 3.63) is 0 Å². The molecular weight excluding hydrogens is 123 g/mol. The van der Waals surface area contributed by atoms with Crippen LogP contribution in [0.1, 0.15) is 19.8 Å². The van der Waals surface area contributed by atoms with Crippen molar-refractivity contribution in [2.24, 2.45) is 0 Å². The van der Waals surface area contributed by atoms with E-state index in [1.807, 2.05) is 6.92 Å². The molecule has 0 radical (unpaired) electrons. The Morgan fingerprint density at radius 2 is 2.33 bits per heavy atom. The highest BCUT2D eigenvalue weighted by Crippen LogP contribution is 2.02. The van der Waals surface area contributed by atoms with Gasteiger partial charge < -0.3 is 4.74 Å². The molecular formula is C6H11FO2. The largest absolute Gasteiger partial charge is 0.467 e. The van der Waals surface area contributed by atoms with Crippen LogP contribution in [0.25, 0.3) is 0 Å². The van der Waals surface area contributed by atoms with Crippen LogP contribution in [0, 0.1) is 0 Å². The van der Waals surface area contributed by atoms with Crippen molar-refractivity contribution in [3.8, 4) is 0 Å². The van der Waals surface area contributed by atoms with Gasteiger partial charge in [-0.1, -0.05) is 13.3 Å². The molecule has 0 aliphatic heterocycles. The van der Waals surface area contributed by atoms with Gasteiger partial charge >= 0.3 is 5.97 Å². The van der Waals surface area contributed by atoms with Crippen LogP contribution in [0.5, 0.6) is 0 Å². The molecule has 9 heavy (non-hydrogen) atoms. The summed E-state index contributed by atoms with van der Waals surface area (Å²) in [6.07, 6.45) is -0.511. The first-order valence-electron chi connectivity index (χ1n) is 2.94. The molecule has 0 saturated carbocycles. The highest BCUT2D eigenvalue weighted by Gasteiger charge is 2.15. The van der Waals surface area contributed by atoms with Crippen molar-refractivity contribution in [2.45, 2.75) is 25.9 Å². The summed E-state index contributed by atoms with van der Waals surface area (Å²) in [6, 6.07) is 0. The SMILES string of the molecule is CCCC(F)C(=O)OC. The van der Waals surface area contributed by atoms with Gasteiger partial charge in [-0.3, -0.25) is 0 Å². The molecule has 2 nitrogen and oxygen atoms in total. The Morgan fingerprint density at radius 3 is 2.67 bits per heavy atom. The third kappa shape index (κ3) is 3.06. The Balaban J connectivity index is 3.45. The van der Waals surface area contributed by atoms with Crippen molar-refractivity contribution in [3.63, 3.8) is 0 Å². The summed E-state index contributed by atoms with van der Waals surface area (Å²) in [5.74, 6) is -0.767. The molecule has 54 valence electrons. The van der Waals surface area contributed by atoms with Gasteiger partial charge in [-0.05, 0) is 6.42 Å². The molecule has 0 aromatic carbocycles. The summed E-state index contributed by atoms with van der Waals surface area (Å²) in [4.78, 5) is 10.3. The molecule has 0 aromatic rings. The van der Waals surface area contributed by atoms with Crippen LogP contribution in [0.15, 0.2) is 0 Å². The summed E-state index contributed by atoms with van der Waals surface area (Å²) in [7, 11) is 1.19. The van der Waals surface area contributed by atoms with Gasteiger partial charge in [-0.25, -0.2) is 9.18 Å². The first-order valence-corrected chi connectivity index (χ1v) is 2.94. The third-order valence-corrected chi connectivity index (χ3v) is 0.999. The van der Waals surface area contributed by atoms with E-state index < -0.39 is 12.1 Å².